The maximum absolute atomic E-state index is 14.3. The number of para-hydroxylation sites is 1. The molecule has 2 N–H and O–H groups in total. The van der Waals surface area contributed by atoms with E-state index in [1.807, 2.05) is 18.2 Å². The highest BCUT2D eigenvalue weighted by Crippen LogP contribution is 2.35. The van der Waals surface area contributed by atoms with Crippen molar-refractivity contribution >= 4 is 45.9 Å². The predicted molar refractivity (Wildman–Crippen MR) is 221 cm³/mol. The standard InChI is InChI=1S/C42H48F2N12O5/c1-50-37-28(4-2-6-32(37)56(42(50)60)33-11-12-35(57)48-41(33)59)5-3-14-51-16-18-52(19-17-51)25-27-7-9-29(10-8-27)55-26-31(36(49-55)38(43)44)46-40(58)30-24-45-54-15-13-34(47-39(30)54)53-20-22-61-23-21-53/h2,4,6,13,15,24,26-27,29,33,38H,7-12,14,16-23,25H2,1H3,(H,46,58)(H,48,57,59)/t27-,29-,33-/m1/s1. The lowest BCUT2D eigenvalue weighted by atomic mass is 9.85. The molecule has 1 aromatic carbocycles. The van der Waals surface area contributed by atoms with Crippen molar-refractivity contribution in [2.75, 3.05) is 75.8 Å². The van der Waals surface area contributed by atoms with Crippen LogP contribution >= 0.6 is 0 Å². The summed E-state index contributed by atoms with van der Waals surface area (Å²) in [5.41, 5.74) is 1.71. The monoisotopic (exact) mass is 838 g/mol. The molecule has 0 spiro atoms. The number of ether oxygens (including phenoxy) is 1. The molecule has 61 heavy (non-hydrogen) atoms. The van der Waals surface area contributed by atoms with Crippen molar-refractivity contribution in [3.63, 3.8) is 0 Å². The van der Waals surface area contributed by atoms with Crippen LogP contribution in [0, 0.1) is 17.8 Å². The van der Waals surface area contributed by atoms with Gasteiger partial charge in [0.05, 0.1) is 54.3 Å². The average Bonchev–Trinajstić information content (AvgIpc) is 3.96. The third-order valence-electron chi connectivity index (χ3n) is 12.5. The molecule has 17 nitrogen and oxygen atoms in total. The zero-order valence-electron chi connectivity index (χ0n) is 33.9. The van der Waals surface area contributed by atoms with Crippen molar-refractivity contribution < 1.29 is 27.9 Å². The van der Waals surface area contributed by atoms with Crippen LogP contribution in [0.2, 0.25) is 0 Å². The molecule has 4 aliphatic rings. The van der Waals surface area contributed by atoms with Crippen molar-refractivity contribution in [2.45, 2.75) is 57.0 Å². The molecule has 1 saturated carbocycles. The number of carbonyl (C=O) groups is 3. The average molecular weight is 839 g/mol. The number of imidazole rings is 1. The van der Waals surface area contributed by atoms with Crippen LogP contribution in [0.5, 0.6) is 0 Å². The van der Waals surface area contributed by atoms with Crippen LogP contribution < -0.4 is 21.2 Å². The van der Waals surface area contributed by atoms with Crippen molar-refractivity contribution in [1.82, 2.24) is 48.6 Å². The molecule has 0 bridgehead atoms. The normalized spacial score (nSPS) is 21.8. The number of hydrogen-bond acceptors (Lipinski definition) is 11. The first kappa shape index (κ1) is 40.4. The lowest BCUT2D eigenvalue weighted by Gasteiger charge is -2.37. The topological polar surface area (TPSA) is 169 Å². The number of anilines is 2. The van der Waals surface area contributed by atoms with Gasteiger partial charge in [-0.15, -0.1) is 0 Å². The van der Waals surface area contributed by atoms with Crippen LogP contribution in [-0.2, 0) is 21.4 Å². The Balaban J connectivity index is 0.768. The molecule has 19 heteroatoms. The van der Waals surface area contributed by atoms with Crippen molar-refractivity contribution in [2.24, 2.45) is 13.0 Å². The maximum Gasteiger partial charge on any atom is 0.329 e. The van der Waals surface area contributed by atoms with Gasteiger partial charge in [-0.2, -0.15) is 10.2 Å². The Bertz CT molecular complexity index is 2580. The number of halogens is 2. The number of hydrogen-bond donors (Lipinski definition) is 2. The van der Waals surface area contributed by atoms with Gasteiger partial charge in [0.25, 0.3) is 12.3 Å². The molecular formula is C42H48F2N12O5. The number of alkyl halides is 2. The number of aryl methyl sites for hydroxylation is 1. The quantitative estimate of drug-likeness (QED) is 0.166. The van der Waals surface area contributed by atoms with Gasteiger partial charge in [0.15, 0.2) is 11.3 Å². The molecule has 5 aromatic rings. The lowest BCUT2D eigenvalue weighted by molar-refractivity contribution is -0.135. The summed E-state index contributed by atoms with van der Waals surface area (Å²) in [7, 11) is 1.67. The molecular weight excluding hydrogens is 791 g/mol. The van der Waals surface area contributed by atoms with E-state index in [0.29, 0.717) is 66.8 Å². The minimum atomic E-state index is -2.86. The zero-order chi connectivity index (χ0) is 42.2. The van der Waals surface area contributed by atoms with E-state index >= 15 is 0 Å². The first-order chi connectivity index (χ1) is 29.6. The van der Waals surface area contributed by atoms with E-state index in [2.05, 4.69) is 52.4 Å². The van der Waals surface area contributed by atoms with Crippen molar-refractivity contribution in [3.8, 4) is 11.8 Å². The number of piperidine rings is 1. The second-order valence-electron chi connectivity index (χ2n) is 16.3. The zero-order valence-corrected chi connectivity index (χ0v) is 33.9. The van der Waals surface area contributed by atoms with Gasteiger partial charge in [-0.1, -0.05) is 17.9 Å². The molecule has 4 aromatic heterocycles. The summed E-state index contributed by atoms with van der Waals surface area (Å²) in [5, 5.41) is 13.6. The van der Waals surface area contributed by atoms with E-state index < -0.39 is 30.0 Å². The number of amides is 3. The van der Waals surface area contributed by atoms with Gasteiger partial charge in [-0.3, -0.25) is 38.4 Å². The Morgan fingerprint density at radius 1 is 1.00 bits per heavy atom. The number of aromatic nitrogens is 7. The smallest absolute Gasteiger partial charge is 0.329 e. The minimum Gasteiger partial charge on any atom is -0.378 e. The lowest BCUT2D eigenvalue weighted by Crippen LogP contribution is -2.48. The van der Waals surface area contributed by atoms with Gasteiger partial charge in [0.2, 0.25) is 11.8 Å². The Morgan fingerprint density at radius 3 is 2.52 bits per heavy atom. The highest BCUT2D eigenvalue weighted by molar-refractivity contribution is 6.08. The van der Waals surface area contributed by atoms with Gasteiger partial charge in [0.1, 0.15) is 17.4 Å². The Hall–Kier alpha value is -5.97. The summed E-state index contributed by atoms with van der Waals surface area (Å²) in [5.74, 6) is 6.36. The number of fused-ring (bicyclic) bond motifs is 2. The molecule has 0 radical (unpaired) electrons. The Labute approximate surface area is 349 Å². The summed E-state index contributed by atoms with van der Waals surface area (Å²) in [4.78, 5) is 62.6. The van der Waals surface area contributed by atoms with Crippen molar-refractivity contribution in [1.29, 1.82) is 0 Å². The number of imide groups is 1. The van der Waals surface area contributed by atoms with Gasteiger partial charge in [0, 0.05) is 71.7 Å². The second-order valence-corrected chi connectivity index (χ2v) is 16.3. The van der Waals surface area contributed by atoms with E-state index in [4.69, 9.17) is 4.74 Å². The second kappa shape index (κ2) is 17.2. The first-order valence-electron chi connectivity index (χ1n) is 20.9. The fraction of sp³-hybridized carbons (Fsp3) is 0.500. The molecule has 3 saturated heterocycles. The highest BCUT2D eigenvalue weighted by atomic mass is 19.3. The molecule has 1 atom stereocenters. The number of nitrogens with one attached hydrogen (secondary N) is 2. The van der Waals surface area contributed by atoms with Gasteiger partial charge in [-0.25, -0.2) is 23.1 Å². The number of carbonyl (C=O) groups excluding carboxylic acids is 3. The molecule has 7 heterocycles. The number of benzene rings is 1. The largest absolute Gasteiger partial charge is 0.378 e. The number of nitrogens with zero attached hydrogens (tertiary/aromatic N) is 10. The third-order valence-corrected chi connectivity index (χ3v) is 12.5. The van der Waals surface area contributed by atoms with Crippen LogP contribution in [0.3, 0.4) is 0 Å². The summed E-state index contributed by atoms with van der Waals surface area (Å²) in [6.45, 7) is 7.63. The van der Waals surface area contributed by atoms with Gasteiger partial charge in [-0.05, 0) is 56.2 Å². The summed E-state index contributed by atoms with van der Waals surface area (Å²) >= 11 is 0. The SMILES string of the molecule is Cn1c(=O)n([C@@H]2CCC(=O)NC2=O)c2cccc(C#CCN3CCN(C[C@H]4CC[C@H](n5cc(NC(=O)c6cnn7ccc(N8CCOCC8)nc67)c(C(F)F)n5)CC4)CC3)c21. The van der Waals surface area contributed by atoms with Gasteiger partial charge < -0.3 is 19.9 Å². The molecule has 3 amide bonds. The van der Waals surface area contributed by atoms with E-state index in [-0.39, 0.29) is 41.7 Å². The number of rotatable bonds is 9. The summed E-state index contributed by atoms with van der Waals surface area (Å²) in [6, 6.07) is 6.54. The van der Waals surface area contributed by atoms with Crippen LogP contribution in [-0.4, -0.2) is 127 Å². The van der Waals surface area contributed by atoms with E-state index in [9.17, 15) is 28.0 Å². The molecule has 320 valence electrons. The highest BCUT2D eigenvalue weighted by Gasteiger charge is 2.32. The number of morpholine rings is 1. The predicted octanol–water partition coefficient (Wildman–Crippen LogP) is 2.98. The van der Waals surface area contributed by atoms with Gasteiger partial charge >= 0.3 is 5.69 Å². The van der Waals surface area contributed by atoms with Crippen LogP contribution in [0.4, 0.5) is 20.3 Å². The fourth-order valence-corrected chi connectivity index (χ4v) is 9.13. The van der Waals surface area contributed by atoms with Crippen LogP contribution in [0.15, 0.2) is 47.7 Å². The third kappa shape index (κ3) is 8.27. The summed E-state index contributed by atoms with van der Waals surface area (Å²) < 4.78 is 40.0. The molecule has 4 fully saturated rings. The fourth-order valence-electron chi connectivity index (χ4n) is 9.13. The molecule has 0 unspecified atom stereocenters. The first-order valence-corrected chi connectivity index (χ1v) is 20.9. The van der Waals surface area contributed by atoms with Crippen molar-refractivity contribution in [3.05, 3.63) is 70.2 Å². The summed E-state index contributed by atoms with van der Waals surface area (Å²) in [6.07, 6.45) is 5.73. The van der Waals surface area contributed by atoms with E-state index in [0.717, 1.165) is 58.4 Å². The molecule has 1 aliphatic carbocycles. The van der Waals surface area contributed by atoms with Crippen LogP contribution in [0.25, 0.3) is 16.7 Å². The van der Waals surface area contributed by atoms with Crippen LogP contribution in [0.1, 0.15) is 78.6 Å². The number of piperazine rings is 1. The molecule has 9 rings (SSSR count). The Morgan fingerprint density at radius 2 is 1.77 bits per heavy atom. The maximum atomic E-state index is 14.3. The minimum absolute atomic E-state index is 0.0140. The van der Waals surface area contributed by atoms with E-state index in [1.165, 1.54) is 26.0 Å². The van der Waals surface area contributed by atoms with E-state index in [1.54, 1.807) is 24.0 Å². The Kier molecular flexibility index (Phi) is 11.4. The molecule has 3 aliphatic heterocycles.